The fourth-order valence-electron chi connectivity index (χ4n) is 3.03. The lowest BCUT2D eigenvalue weighted by atomic mass is 10.2. The normalized spacial score (nSPS) is 11.2. The number of imidazole rings is 1. The van der Waals surface area contributed by atoms with Gasteiger partial charge in [-0.2, -0.15) is 0 Å². The lowest BCUT2D eigenvalue weighted by Gasteiger charge is -2.09. The van der Waals surface area contributed by atoms with E-state index in [0.717, 1.165) is 22.4 Å². The van der Waals surface area contributed by atoms with Gasteiger partial charge in [-0.05, 0) is 48.9 Å². The highest BCUT2D eigenvalue weighted by molar-refractivity contribution is 5.91. The van der Waals surface area contributed by atoms with Gasteiger partial charge in [-0.3, -0.25) is 4.79 Å². The SMILES string of the molecule is CCOc1ccc(/C=C/C(=O)NCCc2nc3ccc(F)cc3n2C)cc1OC. The average Bonchev–Trinajstić information content (AvgIpc) is 3.02. The first kappa shape index (κ1) is 20.4. The quantitative estimate of drug-likeness (QED) is 0.591. The standard InChI is InChI=1S/C22H24FN3O3/c1-4-29-19-9-5-15(13-20(19)28-3)6-10-22(27)24-12-11-21-25-17-8-7-16(23)14-18(17)26(21)2/h5-10,13-14H,4,11-12H2,1-3H3,(H,24,27)/b10-6+. The summed E-state index contributed by atoms with van der Waals surface area (Å²) in [5.41, 5.74) is 2.30. The van der Waals surface area contributed by atoms with E-state index >= 15 is 0 Å². The van der Waals surface area contributed by atoms with Gasteiger partial charge >= 0.3 is 0 Å². The van der Waals surface area contributed by atoms with Gasteiger partial charge in [-0.15, -0.1) is 0 Å². The minimum atomic E-state index is -0.295. The van der Waals surface area contributed by atoms with Crippen molar-refractivity contribution < 1.29 is 18.7 Å². The van der Waals surface area contributed by atoms with Crippen molar-refractivity contribution in [2.45, 2.75) is 13.3 Å². The third-order valence-corrected chi connectivity index (χ3v) is 4.50. The van der Waals surface area contributed by atoms with Crippen LogP contribution >= 0.6 is 0 Å². The molecule has 0 saturated carbocycles. The van der Waals surface area contributed by atoms with E-state index in [1.54, 1.807) is 19.3 Å². The number of ether oxygens (including phenoxy) is 2. The molecule has 29 heavy (non-hydrogen) atoms. The van der Waals surface area contributed by atoms with E-state index in [1.165, 1.54) is 18.2 Å². The van der Waals surface area contributed by atoms with Gasteiger partial charge in [-0.1, -0.05) is 6.07 Å². The number of nitrogens with zero attached hydrogens (tertiary/aromatic N) is 2. The maximum atomic E-state index is 13.4. The number of hydrogen-bond donors (Lipinski definition) is 1. The molecule has 0 aliphatic rings. The molecule has 2 aromatic carbocycles. The van der Waals surface area contributed by atoms with Crippen molar-refractivity contribution >= 4 is 23.0 Å². The van der Waals surface area contributed by atoms with Crippen molar-refractivity contribution in [1.82, 2.24) is 14.9 Å². The Kier molecular flexibility index (Phi) is 6.49. The molecule has 152 valence electrons. The van der Waals surface area contributed by atoms with Crippen molar-refractivity contribution in [3.63, 3.8) is 0 Å². The second-order valence-corrected chi connectivity index (χ2v) is 6.44. The second kappa shape index (κ2) is 9.23. The number of fused-ring (bicyclic) bond motifs is 1. The summed E-state index contributed by atoms with van der Waals surface area (Å²) in [5, 5.41) is 2.84. The summed E-state index contributed by atoms with van der Waals surface area (Å²) in [4.78, 5) is 16.6. The Morgan fingerprint density at radius 2 is 2.07 bits per heavy atom. The van der Waals surface area contributed by atoms with Crippen LogP contribution in [0.1, 0.15) is 18.3 Å². The van der Waals surface area contributed by atoms with Gasteiger partial charge in [-0.25, -0.2) is 9.37 Å². The van der Waals surface area contributed by atoms with Crippen LogP contribution in [0.4, 0.5) is 4.39 Å². The van der Waals surface area contributed by atoms with Crippen LogP contribution in [-0.2, 0) is 18.3 Å². The summed E-state index contributed by atoms with van der Waals surface area (Å²) < 4.78 is 26.0. The molecule has 0 bridgehead atoms. The van der Waals surface area contributed by atoms with E-state index in [1.807, 2.05) is 36.7 Å². The highest BCUT2D eigenvalue weighted by atomic mass is 19.1. The summed E-state index contributed by atoms with van der Waals surface area (Å²) in [5.74, 6) is 1.57. The fraction of sp³-hybridized carbons (Fsp3) is 0.273. The summed E-state index contributed by atoms with van der Waals surface area (Å²) in [6.07, 6.45) is 3.73. The van der Waals surface area contributed by atoms with Crippen LogP contribution in [0.25, 0.3) is 17.1 Å². The number of amides is 1. The van der Waals surface area contributed by atoms with E-state index in [0.29, 0.717) is 31.1 Å². The maximum absolute atomic E-state index is 13.4. The molecule has 3 aromatic rings. The zero-order valence-corrected chi connectivity index (χ0v) is 16.7. The molecule has 1 amide bonds. The van der Waals surface area contributed by atoms with Gasteiger partial charge in [0.25, 0.3) is 0 Å². The first-order valence-corrected chi connectivity index (χ1v) is 9.39. The summed E-state index contributed by atoms with van der Waals surface area (Å²) >= 11 is 0. The van der Waals surface area contributed by atoms with Crippen LogP contribution in [0.3, 0.4) is 0 Å². The largest absolute Gasteiger partial charge is 0.493 e. The first-order valence-electron chi connectivity index (χ1n) is 9.39. The lowest BCUT2D eigenvalue weighted by molar-refractivity contribution is -0.116. The van der Waals surface area contributed by atoms with Gasteiger partial charge < -0.3 is 19.4 Å². The average molecular weight is 397 g/mol. The molecule has 0 unspecified atom stereocenters. The Bertz CT molecular complexity index is 1040. The fourth-order valence-corrected chi connectivity index (χ4v) is 3.03. The molecule has 0 aliphatic carbocycles. The minimum Gasteiger partial charge on any atom is -0.493 e. The van der Waals surface area contributed by atoms with Crippen molar-refractivity contribution in [3.8, 4) is 11.5 Å². The molecule has 1 aromatic heterocycles. The zero-order valence-electron chi connectivity index (χ0n) is 16.7. The van der Waals surface area contributed by atoms with Crippen molar-refractivity contribution in [3.05, 3.63) is 59.7 Å². The van der Waals surface area contributed by atoms with Gasteiger partial charge in [0.15, 0.2) is 11.5 Å². The molecule has 1 N–H and O–H groups in total. The molecule has 0 fully saturated rings. The number of halogens is 1. The van der Waals surface area contributed by atoms with Crippen LogP contribution < -0.4 is 14.8 Å². The molecule has 0 saturated heterocycles. The van der Waals surface area contributed by atoms with E-state index in [-0.39, 0.29) is 11.7 Å². The second-order valence-electron chi connectivity index (χ2n) is 6.44. The van der Waals surface area contributed by atoms with Crippen LogP contribution in [0.5, 0.6) is 11.5 Å². The monoisotopic (exact) mass is 397 g/mol. The highest BCUT2D eigenvalue weighted by Gasteiger charge is 2.09. The molecule has 6 nitrogen and oxygen atoms in total. The number of carbonyl (C=O) groups is 1. The number of benzene rings is 2. The van der Waals surface area contributed by atoms with E-state index in [2.05, 4.69) is 10.3 Å². The molecular formula is C22H24FN3O3. The minimum absolute atomic E-state index is 0.206. The van der Waals surface area contributed by atoms with Gasteiger partial charge in [0.2, 0.25) is 5.91 Å². The maximum Gasteiger partial charge on any atom is 0.244 e. The van der Waals surface area contributed by atoms with Crippen molar-refractivity contribution in [2.24, 2.45) is 7.05 Å². The molecular weight excluding hydrogens is 373 g/mol. The smallest absolute Gasteiger partial charge is 0.244 e. The first-order chi connectivity index (χ1) is 14.0. The Morgan fingerprint density at radius 1 is 1.24 bits per heavy atom. The predicted octanol–water partition coefficient (Wildman–Crippen LogP) is 3.49. The van der Waals surface area contributed by atoms with E-state index < -0.39 is 0 Å². The van der Waals surface area contributed by atoms with E-state index in [9.17, 15) is 9.18 Å². The topological polar surface area (TPSA) is 65.4 Å². The Morgan fingerprint density at radius 3 is 2.83 bits per heavy atom. The van der Waals surface area contributed by atoms with Crippen LogP contribution in [-0.4, -0.2) is 35.7 Å². The zero-order chi connectivity index (χ0) is 20.8. The molecule has 0 aliphatic heterocycles. The molecule has 3 rings (SSSR count). The van der Waals surface area contributed by atoms with Gasteiger partial charge in [0, 0.05) is 26.1 Å². The molecule has 0 radical (unpaired) electrons. The summed E-state index contributed by atoms with van der Waals surface area (Å²) in [6, 6.07) is 9.98. The summed E-state index contributed by atoms with van der Waals surface area (Å²) in [7, 11) is 3.42. The predicted molar refractivity (Wildman–Crippen MR) is 111 cm³/mol. The van der Waals surface area contributed by atoms with Crippen molar-refractivity contribution in [1.29, 1.82) is 0 Å². The Labute approximate surface area is 169 Å². The number of methoxy groups -OCH3 is 1. The molecule has 0 atom stereocenters. The lowest BCUT2D eigenvalue weighted by Crippen LogP contribution is -2.24. The number of aryl methyl sites for hydroxylation is 1. The third-order valence-electron chi connectivity index (χ3n) is 4.50. The van der Waals surface area contributed by atoms with Gasteiger partial charge in [0.1, 0.15) is 11.6 Å². The molecule has 1 heterocycles. The Balaban J connectivity index is 1.57. The number of aromatic nitrogens is 2. The number of hydrogen-bond acceptors (Lipinski definition) is 4. The van der Waals surface area contributed by atoms with E-state index in [4.69, 9.17) is 9.47 Å². The number of rotatable bonds is 8. The molecule has 7 heteroatoms. The van der Waals surface area contributed by atoms with Crippen molar-refractivity contribution in [2.75, 3.05) is 20.3 Å². The van der Waals surface area contributed by atoms with Crippen LogP contribution in [0.15, 0.2) is 42.5 Å². The van der Waals surface area contributed by atoms with Crippen LogP contribution in [0, 0.1) is 5.82 Å². The number of carbonyl (C=O) groups excluding carboxylic acids is 1. The molecule has 0 spiro atoms. The summed E-state index contributed by atoms with van der Waals surface area (Å²) in [6.45, 7) is 2.88. The Hall–Kier alpha value is -3.35. The highest BCUT2D eigenvalue weighted by Crippen LogP contribution is 2.28. The van der Waals surface area contributed by atoms with Crippen LogP contribution in [0.2, 0.25) is 0 Å². The number of nitrogens with one attached hydrogen (secondary N) is 1. The third kappa shape index (κ3) is 4.93. The van der Waals surface area contributed by atoms with Gasteiger partial charge in [0.05, 0.1) is 24.8 Å².